The van der Waals surface area contributed by atoms with E-state index in [0.29, 0.717) is 11.3 Å². The molecule has 0 saturated carbocycles. The molecule has 5 nitrogen and oxygen atoms in total. The van der Waals surface area contributed by atoms with Crippen LogP contribution in [0, 0.1) is 17.4 Å². The third kappa shape index (κ3) is 3.49. The van der Waals surface area contributed by atoms with Crippen molar-refractivity contribution in [3.8, 4) is 5.75 Å². The van der Waals surface area contributed by atoms with Crippen LogP contribution in [0.15, 0.2) is 29.4 Å². The number of hydrogen-bond donors (Lipinski definition) is 1. The summed E-state index contributed by atoms with van der Waals surface area (Å²) in [5.74, 6) is 0.406. The molecular formula is C16H18IN3O2. The maximum atomic E-state index is 12.1. The van der Waals surface area contributed by atoms with Gasteiger partial charge in [-0.2, -0.15) is 5.10 Å². The van der Waals surface area contributed by atoms with E-state index in [1.54, 1.807) is 25.5 Å². The van der Waals surface area contributed by atoms with Gasteiger partial charge in [0, 0.05) is 29.6 Å². The molecule has 0 atom stereocenters. The van der Waals surface area contributed by atoms with Gasteiger partial charge < -0.3 is 9.30 Å². The average molecular weight is 411 g/mol. The lowest BCUT2D eigenvalue weighted by Gasteiger charge is -2.05. The third-order valence-electron chi connectivity index (χ3n) is 3.60. The number of nitrogens with one attached hydrogen (secondary N) is 1. The molecule has 0 radical (unpaired) electrons. The number of aromatic nitrogens is 1. The van der Waals surface area contributed by atoms with E-state index >= 15 is 0 Å². The summed E-state index contributed by atoms with van der Waals surface area (Å²) in [5, 5.41) is 4.03. The minimum absolute atomic E-state index is 0.267. The molecule has 22 heavy (non-hydrogen) atoms. The summed E-state index contributed by atoms with van der Waals surface area (Å²) in [4.78, 5) is 12.1. The van der Waals surface area contributed by atoms with Crippen molar-refractivity contribution in [2.24, 2.45) is 12.1 Å². The number of carbonyl (C=O) groups excluding carboxylic acids is 1. The van der Waals surface area contributed by atoms with Gasteiger partial charge in [0.05, 0.1) is 16.9 Å². The number of rotatable bonds is 4. The second-order valence-corrected chi connectivity index (χ2v) is 6.10. The monoisotopic (exact) mass is 411 g/mol. The van der Waals surface area contributed by atoms with Crippen LogP contribution in [0.4, 0.5) is 0 Å². The summed E-state index contributed by atoms with van der Waals surface area (Å²) < 4.78 is 8.24. The van der Waals surface area contributed by atoms with Gasteiger partial charge in [-0.3, -0.25) is 4.79 Å². The molecule has 2 aromatic rings. The van der Waals surface area contributed by atoms with Crippen molar-refractivity contribution in [3.63, 3.8) is 0 Å². The molecule has 116 valence electrons. The van der Waals surface area contributed by atoms with Gasteiger partial charge in [-0.05, 0) is 60.7 Å². The molecule has 1 heterocycles. The Labute approximate surface area is 143 Å². The zero-order valence-electron chi connectivity index (χ0n) is 13.0. The quantitative estimate of drug-likeness (QED) is 0.478. The molecule has 1 amide bonds. The van der Waals surface area contributed by atoms with E-state index in [1.165, 1.54) is 0 Å². The Kier molecular flexibility index (Phi) is 5.23. The summed E-state index contributed by atoms with van der Waals surface area (Å²) in [6.07, 6.45) is 1.66. The molecule has 0 bridgehead atoms. The smallest absolute Gasteiger partial charge is 0.271 e. The molecule has 2 rings (SSSR count). The summed E-state index contributed by atoms with van der Waals surface area (Å²) in [6, 6.07) is 7.30. The molecule has 1 aromatic carbocycles. The minimum Gasteiger partial charge on any atom is -0.496 e. The number of halogens is 1. The molecule has 1 N–H and O–H groups in total. The van der Waals surface area contributed by atoms with E-state index in [2.05, 4.69) is 37.7 Å². The number of nitrogens with zero attached hydrogens (tertiary/aromatic N) is 2. The number of methoxy groups -OCH3 is 1. The predicted octanol–water partition coefficient (Wildman–Crippen LogP) is 3.02. The van der Waals surface area contributed by atoms with Crippen molar-refractivity contribution in [2.45, 2.75) is 13.8 Å². The minimum atomic E-state index is -0.267. The number of benzene rings is 1. The van der Waals surface area contributed by atoms with Crippen molar-refractivity contribution in [2.75, 3.05) is 7.11 Å². The van der Waals surface area contributed by atoms with Crippen molar-refractivity contribution < 1.29 is 9.53 Å². The first kappa shape index (κ1) is 16.5. The zero-order valence-corrected chi connectivity index (χ0v) is 15.1. The lowest BCUT2D eigenvalue weighted by atomic mass is 10.2. The Morgan fingerprint density at radius 3 is 2.68 bits per heavy atom. The normalized spacial score (nSPS) is 11.0. The molecule has 0 aliphatic rings. The van der Waals surface area contributed by atoms with Crippen molar-refractivity contribution in [3.05, 3.63) is 50.4 Å². The van der Waals surface area contributed by atoms with Crippen LogP contribution in [0.1, 0.15) is 27.3 Å². The average Bonchev–Trinajstić information content (AvgIpc) is 2.75. The molecular weight excluding hydrogens is 393 g/mol. The van der Waals surface area contributed by atoms with E-state index in [9.17, 15) is 4.79 Å². The van der Waals surface area contributed by atoms with Gasteiger partial charge in [0.15, 0.2) is 0 Å². The fraction of sp³-hybridized carbons (Fsp3) is 0.250. The fourth-order valence-corrected chi connectivity index (χ4v) is 2.60. The van der Waals surface area contributed by atoms with Gasteiger partial charge in [-0.1, -0.05) is 0 Å². The number of amides is 1. The van der Waals surface area contributed by atoms with E-state index in [-0.39, 0.29) is 5.91 Å². The van der Waals surface area contributed by atoms with Gasteiger partial charge in [0.2, 0.25) is 0 Å². The predicted molar refractivity (Wildman–Crippen MR) is 95.7 cm³/mol. The van der Waals surface area contributed by atoms with E-state index in [0.717, 1.165) is 20.5 Å². The van der Waals surface area contributed by atoms with Gasteiger partial charge in [-0.15, -0.1) is 0 Å². The number of hydrogen-bond acceptors (Lipinski definition) is 3. The highest BCUT2D eigenvalue weighted by atomic mass is 127. The largest absolute Gasteiger partial charge is 0.496 e. The second-order valence-electron chi connectivity index (χ2n) is 4.93. The Balaban J connectivity index is 2.09. The first-order valence-corrected chi connectivity index (χ1v) is 7.81. The molecule has 0 aliphatic carbocycles. The van der Waals surface area contributed by atoms with Gasteiger partial charge in [-0.25, -0.2) is 5.43 Å². The maximum absolute atomic E-state index is 12.1. The van der Waals surface area contributed by atoms with Crippen LogP contribution in [0.2, 0.25) is 0 Å². The van der Waals surface area contributed by atoms with Crippen LogP contribution in [0.25, 0.3) is 0 Å². The van der Waals surface area contributed by atoms with E-state index < -0.39 is 0 Å². The highest BCUT2D eigenvalue weighted by Gasteiger charge is 2.08. The van der Waals surface area contributed by atoms with E-state index in [1.807, 2.05) is 33.0 Å². The first-order chi connectivity index (χ1) is 10.4. The SMILES string of the molecule is COc1cc(C(=O)N/N=C/c2cc(C)n(C)c2C)ccc1I. The van der Waals surface area contributed by atoms with Crippen LogP contribution in [0.3, 0.4) is 0 Å². The lowest BCUT2D eigenvalue weighted by molar-refractivity contribution is 0.0954. The number of carbonyl (C=O) groups is 1. The summed E-state index contributed by atoms with van der Waals surface area (Å²) in [7, 11) is 3.58. The van der Waals surface area contributed by atoms with Gasteiger partial charge >= 0.3 is 0 Å². The summed E-state index contributed by atoms with van der Waals surface area (Å²) in [6.45, 7) is 4.04. The zero-order chi connectivity index (χ0) is 16.3. The third-order valence-corrected chi connectivity index (χ3v) is 4.49. The number of aryl methyl sites for hydroxylation is 1. The van der Waals surface area contributed by atoms with Crippen LogP contribution in [-0.2, 0) is 7.05 Å². The van der Waals surface area contributed by atoms with Crippen molar-refractivity contribution in [1.82, 2.24) is 9.99 Å². The number of hydrazone groups is 1. The van der Waals surface area contributed by atoms with Gasteiger partial charge in [0.25, 0.3) is 5.91 Å². The fourth-order valence-electron chi connectivity index (χ4n) is 2.04. The molecule has 0 fully saturated rings. The van der Waals surface area contributed by atoms with E-state index in [4.69, 9.17) is 4.74 Å². The van der Waals surface area contributed by atoms with Crippen LogP contribution < -0.4 is 10.2 Å². The Morgan fingerprint density at radius 2 is 2.09 bits per heavy atom. The standard InChI is InChI=1S/C16H18IN3O2/c1-10-7-13(11(2)20(10)3)9-18-19-16(21)12-5-6-14(17)15(8-12)22-4/h5-9H,1-4H3,(H,19,21)/b18-9+. The molecule has 6 heteroatoms. The number of ether oxygens (including phenoxy) is 1. The van der Waals surface area contributed by atoms with Crippen LogP contribution in [0.5, 0.6) is 5.75 Å². The topological polar surface area (TPSA) is 55.6 Å². The molecule has 0 unspecified atom stereocenters. The highest BCUT2D eigenvalue weighted by Crippen LogP contribution is 2.21. The summed E-state index contributed by atoms with van der Waals surface area (Å²) >= 11 is 2.16. The van der Waals surface area contributed by atoms with Crippen molar-refractivity contribution in [1.29, 1.82) is 0 Å². The van der Waals surface area contributed by atoms with Crippen molar-refractivity contribution >= 4 is 34.7 Å². The first-order valence-electron chi connectivity index (χ1n) is 6.74. The molecule has 0 spiro atoms. The summed E-state index contributed by atoms with van der Waals surface area (Å²) in [5.41, 5.74) is 6.28. The Morgan fingerprint density at radius 1 is 1.36 bits per heavy atom. The van der Waals surface area contributed by atoms with Crippen LogP contribution >= 0.6 is 22.6 Å². The second kappa shape index (κ2) is 6.95. The highest BCUT2D eigenvalue weighted by molar-refractivity contribution is 14.1. The van der Waals surface area contributed by atoms with Gasteiger partial charge in [0.1, 0.15) is 5.75 Å². The molecule has 0 saturated heterocycles. The Hall–Kier alpha value is -1.83. The lowest BCUT2D eigenvalue weighted by Crippen LogP contribution is -2.17. The molecule has 1 aromatic heterocycles. The Bertz CT molecular complexity index is 735. The maximum Gasteiger partial charge on any atom is 0.271 e. The van der Waals surface area contributed by atoms with Crippen LogP contribution in [-0.4, -0.2) is 23.8 Å². The molecule has 0 aliphatic heterocycles.